The summed E-state index contributed by atoms with van der Waals surface area (Å²) >= 11 is 0. The highest BCUT2D eigenvalue weighted by atomic mass is 16.2. The summed E-state index contributed by atoms with van der Waals surface area (Å²) in [6.07, 6.45) is 1.88. The van der Waals surface area contributed by atoms with E-state index in [-0.39, 0.29) is 5.54 Å². The lowest BCUT2D eigenvalue weighted by molar-refractivity contribution is -0.136. The SMILES string of the molecule is CN1CCN(C(=O)CC2CCNC2)CC1(C)C. The fraction of sp³-hybridized carbons (Fsp3) is 0.923. The van der Waals surface area contributed by atoms with Crippen LogP contribution in [0.15, 0.2) is 0 Å². The van der Waals surface area contributed by atoms with Crippen LogP contribution in [0.2, 0.25) is 0 Å². The van der Waals surface area contributed by atoms with Crippen LogP contribution in [-0.2, 0) is 4.79 Å². The van der Waals surface area contributed by atoms with Gasteiger partial charge in [0.2, 0.25) is 5.91 Å². The number of carbonyl (C=O) groups excluding carboxylic acids is 1. The maximum absolute atomic E-state index is 12.2. The molecular weight excluding hydrogens is 214 g/mol. The molecule has 0 aliphatic carbocycles. The molecule has 2 rings (SSSR count). The number of hydrogen-bond donors (Lipinski definition) is 1. The maximum atomic E-state index is 12.2. The van der Waals surface area contributed by atoms with Crippen LogP contribution in [0.3, 0.4) is 0 Å². The van der Waals surface area contributed by atoms with Crippen LogP contribution in [-0.4, -0.2) is 61.0 Å². The van der Waals surface area contributed by atoms with E-state index in [2.05, 4.69) is 36.0 Å². The molecule has 0 radical (unpaired) electrons. The van der Waals surface area contributed by atoms with Gasteiger partial charge < -0.3 is 10.2 Å². The molecule has 0 spiro atoms. The maximum Gasteiger partial charge on any atom is 0.223 e. The highest BCUT2D eigenvalue weighted by Crippen LogP contribution is 2.21. The van der Waals surface area contributed by atoms with Gasteiger partial charge in [0.25, 0.3) is 0 Å². The van der Waals surface area contributed by atoms with Crippen LogP contribution in [0, 0.1) is 5.92 Å². The van der Waals surface area contributed by atoms with Crippen molar-refractivity contribution in [2.45, 2.75) is 32.2 Å². The normalized spacial score (nSPS) is 29.6. The summed E-state index contributed by atoms with van der Waals surface area (Å²) in [4.78, 5) is 16.6. The minimum atomic E-state index is 0.113. The smallest absolute Gasteiger partial charge is 0.223 e. The zero-order valence-corrected chi connectivity index (χ0v) is 11.3. The van der Waals surface area contributed by atoms with Crippen molar-refractivity contribution in [1.82, 2.24) is 15.1 Å². The van der Waals surface area contributed by atoms with Crippen molar-refractivity contribution in [2.75, 3.05) is 39.8 Å². The first-order chi connectivity index (χ1) is 7.99. The standard InChI is InChI=1S/C13H25N3O/c1-13(2)10-16(7-6-15(13)3)12(17)8-11-4-5-14-9-11/h11,14H,4-10H2,1-3H3. The Balaban J connectivity index is 1.87. The molecule has 0 aromatic rings. The lowest BCUT2D eigenvalue weighted by atomic mass is 9.98. The van der Waals surface area contributed by atoms with Crippen LogP contribution < -0.4 is 5.32 Å². The Morgan fingerprint density at radius 3 is 2.76 bits per heavy atom. The largest absolute Gasteiger partial charge is 0.340 e. The lowest BCUT2D eigenvalue weighted by Gasteiger charge is -2.45. The average Bonchev–Trinajstić information content (AvgIpc) is 2.74. The van der Waals surface area contributed by atoms with E-state index in [1.165, 1.54) is 0 Å². The van der Waals surface area contributed by atoms with Crippen molar-refractivity contribution in [2.24, 2.45) is 5.92 Å². The van der Waals surface area contributed by atoms with Gasteiger partial charge >= 0.3 is 0 Å². The average molecular weight is 239 g/mol. The third kappa shape index (κ3) is 2.99. The number of carbonyl (C=O) groups is 1. The Labute approximate surface area is 104 Å². The van der Waals surface area contributed by atoms with Gasteiger partial charge in [-0.15, -0.1) is 0 Å². The van der Waals surface area contributed by atoms with Crippen molar-refractivity contribution in [3.05, 3.63) is 0 Å². The van der Waals surface area contributed by atoms with Crippen LogP contribution in [0.5, 0.6) is 0 Å². The van der Waals surface area contributed by atoms with E-state index in [1.54, 1.807) is 0 Å². The van der Waals surface area contributed by atoms with Gasteiger partial charge in [0.1, 0.15) is 0 Å². The van der Waals surface area contributed by atoms with Crippen LogP contribution in [0.1, 0.15) is 26.7 Å². The minimum Gasteiger partial charge on any atom is -0.340 e. The van der Waals surface area contributed by atoms with E-state index in [9.17, 15) is 4.79 Å². The first-order valence-electron chi connectivity index (χ1n) is 6.69. The molecular formula is C13H25N3O. The quantitative estimate of drug-likeness (QED) is 0.764. The van der Waals surface area contributed by atoms with Gasteiger partial charge in [-0.05, 0) is 46.3 Å². The van der Waals surface area contributed by atoms with Crippen molar-refractivity contribution >= 4 is 5.91 Å². The van der Waals surface area contributed by atoms with E-state index in [4.69, 9.17) is 0 Å². The zero-order valence-electron chi connectivity index (χ0n) is 11.3. The summed E-state index contributed by atoms with van der Waals surface area (Å²) in [5.74, 6) is 0.908. The van der Waals surface area contributed by atoms with Gasteiger partial charge in [0.15, 0.2) is 0 Å². The fourth-order valence-corrected chi connectivity index (χ4v) is 2.72. The number of likely N-dealkylation sites (N-methyl/N-ethyl adjacent to an activating group) is 1. The molecule has 0 aromatic heterocycles. The number of hydrogen-bond acceptors (Lipinski definition) is 3. The monoisotopic (exact) mass is 239 g/mol. The van der Waals surface area contributed by atoms with Crippen LogP contribution in [0.25, 0.3) is 0 Å². The fourth-order valence-electron chi connectivity index (χ4n) is 2.72. The molecule has 1 N–H and O–H groups in total. The lowest BCUT2D eigenvalue weighted by Crippen LogP contribution is -2.59. The molecule has 98 valence electrons. The second kappa shape index (κ2) is 4.94. The summed E-state index contributed by atoms with van der Waals surface area (Å²) in [5.41, 5.74) is 0.113. The van der Waals surface area contributed by atoms with Gasteiger partial charge in [-0.3, -0.25) is 9.69 Å². The third-order valence-corrected chi connectivity index (χ3v) is 4.29. The molecule has 4 nitrogen and oxygen atoms in total. The molecule has 2 heterocycles. The predicted molar refractivity (Wildman–Crippen MR) is 68.9 cm³/mol. The van der Waals surface area contributed by atoms with Crippen molar-refractivity contribution in [3.8, 4) is 0 Å². The molecule has 0 saturated carbocycles. The van der Waals surface area contributed by atoms with Gasteiger partial charge in [0, 0.05) is 31.6 Å². The molecule has 0 aromatic carbocycles. The van der Waals surface area contributed by atoms with Crippen LogP contribution >= 0.6 is 0 Å². The molecule has 1 unspecified atom stereocenters. The number of nitrogens with zero attached hydrogens (tertiary/aromatic N) is 2. The van der Waals surface area contributed by atoms with Gasteiger partial charge in [-0.1, -0.05) is 0 Å². The minimum absolute atomic E-state index is 0.113. The summed E-state index contributed by atoms with van der Waals surface area (Å²) in [5, 5.41) is 3.32. The molecule has 2 fully saturated rings. The number of nitrogens with one attached hydrogen (secondary N) is 1. The Kier molecular flexibility index (Phi) is 3.73. The first-order valence-corrected chi connectivity index (χ1v) is 6.69. The van der Waals surface area contributed by atoms with E-state index in [0.717, 1.165) is 45.6 Å². The van der Waals surface area contributed by atoms with Crippen molar-refractivity contribution in [1.29, 1.82) is 0 Å². The molecule has 1 amide bonds. The second-order valence-electron chi connectivity index (χ2n) is 6.11. The summed E-state index contributed by atoms with van der Waals surface area (Å²) in [6.45, 7) is 9.26. The highest BCUT2D eigenvalue weighted by Gasteiger charge is 2.33. The molecule has 2 aliphatic heterocycles. The topological polar surface area (TPSA) is 35.6 Å². The Morgan fingerprint density at radius 2 is 2.18 bits per heavy atom. The van der Waals surface area contributed by atoms with E-state index >= 15 is 0 Å². The third-order valence-electron chi connectivity index (χ3n) is 4.29. The molecule has 1 atom stereocenters. The van der Waals surface area contributed by atoms with E-state index in [1.807, 2.05) is 0 Å². The molecule has 0 bridgehead atoms. The van der Waals surface area contributed by atoms with E-state index < -0.39 is 0 Å². The molecule has 17 heavy (non-hydrogen) atoms. The van der Waals surface area contributed by atoms with Gasteiger partial charge in [0.05, 0.1) is 0 Å². The van der Waals surface area contributed by atoms with Crippen molar-refractivity contribution in [3.63, 3.8) is 0 Å². The molecule has 2 aliphatic rings. The Morgan fingerprint density at radius 1 is 1.41 bits per heavy atom. The van der Waals surface area contributed by atoms with E-state index in [0.29, 0.717) is 11.8 Å². The Bertz CT molecular complexity index is 284. The second-order valence-corrected chi connectivity index (χ2v) is 6.11. The molecule has 2 saturated heterocycles. The van der Waals surface area contributed by atoms with Gasteiger partial charge in [-0.25, -0.2) is 0 Å². The van der Waals surface area contributed by atoms with Crippen LogP contribution in [0.4, 0.5) is 0 Å². The zero-order chi connectivity index (χ0) is 12.5. The number of piperazine rings is 1. The first kappa shape index (κ1) is 12.8. The summed E-state index contributed by atoms with van der Waals surface area (Å²) in [7, 11) is 2.14. The number of rotatable bonds is 2. The highest BCUT2D eigenvalue weighted by molar-refractivity contribution is 5.76. The predicted octanol–water partition coefficient (Wildman–Crippen LogP) is 0.539. The molecule has 4 heteroatoms. The summed E-state index contributed by atoms with van der Waals surface area (Å²) in [6, 6.07) is 0. The summed E-state index contributed by atoms with van der Waals surface area (Å²) < 4.78 is 0. The Hall–Kier alpha value is -0.610. The van der Waals surface area contributed by atoms with Gasteiger partial charge in [-0.2, -0.15) is 0 Å². The van der Waals surface area contributed by atoms with Crippen molar-refractivity contribution < 1.29 is 4.79 Å². The number of amides is 1.